The Hall–Kier alpha value is -0.930. The Kier molecular flexibility index (Phi) is 4.36. The first-order valence-corrected chi connectivity index (χ1v) is 6.79. The predicted molar refractivity (Wildman–Crippen MR) is 77.2 cm³/mol. The third-order valence-electron chi connectivity index (χ3n) is 3.69. The van der Waals surface area contributed by atoms with E-state index in [1.165, 1.54) is 5.56 Å². The van der Waals surface area contributed by atoms with Gasteiger partial charge in [-0.25, -0.2) is 0 Å². The largest absolute Gasteiger partial charge is 0.496 e. The van der Waals surface area contributed by atoms with Gasteiger partial charge in [0, 0.05) is 19.2 Å². The number of nitrogens with zero attached hydrogens (tertiary/aromatic N) is 1. The Labute approximate surface area is 114 Å². The summed E-state index contributed by atoms with van der Waals surface area (Å²) in [6.45, 7) is 2.07. The molecule has 0 saturated carbocycles. The van der Waals surface area contributed by atoms with E-state index in [1.807, 2.05) is 19.2 Å². The fraction of sp³-hybridized carbons (Fsp3) is 0.571. The highest BCUT2D eigenvalue weighted by atomic mass is 35.5. The number of anilines is 1. The van der Waals surface area contributed by atoms with Crippen molar-refractivity contribution in [3.63, 3.8) is 0 Å². The zero-order chi connectivity index (χ0) is 13.1. The van der Waals surface area contributed by atoms with E-state index in [9.17, 15) is 0 Å². The molecule has 0 radical (unpaired) electrons. The van der Waals surface area contributed by atoms with E-state index in [0.717, 1.165) is 42.4 Å². The van der Waals surface area contributed by atoms with E-state index in [-0.39, 0.29) is 0 Å². The molecule has 1 unspecified atom stereocenters. The zero-order valence-corrected chi connectivity index (χ0v) is 12.0. The Morgan fingerprint density at radius 1 is 1.50 bits per heavy atom. The van der Waals surface area contributed by atoms with E-state index in [4.69, 9.17) is 16.3 Å². The molecule has 0 spiro atoms. The molecule has 1 aliphatic rings. The molecular formula is C14H21ClN2O. The van der Waals surface area contributed by atoms with Crippen molar-refractivity contribution in [2.75, 3.05) is 39.2 Å². The highest BCUT2D eigenvalue weighted by Crippen LogP contribution is 2.45. The van der Waals surface area contributed by atoms with Gasteiger partial charge < -0.3 is 15.0 Å². The van der Waals surface area contributed by atoms with Gasteiger partial charge >= 0.3 is 0 Å². The number of rotatable bonds is 4. The van der Waals surface area contributed by atoms with E-state index in [0.29, 0.717) is 5.92 Å². The molecule has 0 saturated heterocycles. The molecule has 1 aliphatic heterocycles. The molecule has 2 rings (SSSR count). The molecule has 3 nitrogen and oxygen atoms in total. The van der Waals surface area contributed by atoms with Gasteiger partial charge in [0.2, 0.25) is 0 Å². The summed E-state index contributed by atoms with van der Waals surface area (Å²) in [6, 6.07) is 3.91. The molecule has 100 valence electrons. The lowest BCUT2D eigenvalue weighted by atomic mass is 9.86. The fourth-order valence-electron chi connectivity index (χ4n) is 2.74. The summed E-state index contributed by atoms with van der Waals surface area (Å²) in [7, 11) is 5.82. The topological polar surface area (TPSA) is 24.5 Å². The minimum absolute atomic E-state index is 0.525. The highest BCUT2D eigenvalue weighted by molar-refractivity contribution is 6.33. The molecule has 18 heavy (non-hydrogen) atoms. The third-order valence-corrected chi connectivity index (χ3v) is 4.00. The maximum absolute atomic E-state index is 6.35. The second-order valence-electron chi connectivity index (χ2n) is 4.81. The van der Waals surface area contributed by atoms with E-state index in [1.54, 1.807) is 7.11 Å². The number of hydrogen-bond donors (Lipinski definition) is 1. The molecule has 1 aromatic rings. The van der Waals surface area contributed by atoms with Crippen LogP contribution in [0.1, 0.15) is 24.3 Å². The molecule has 0 aromatic heterocycles. The second-order valence-corrected chi connectivity index (χ2v) is 5.22. The SMILES string of the molecule is CNCCC1CCN(C)c2c(Cl)ccc(OC)c21. The maximum atomic E-state index is 6.35. The number of ether oxygens (including phenoxy) is 1. The Morgan fingerprint density at radius 2 is 2.28 bits per heavy atom. The van der Waals surface area contributed by atoms with Gasteiger partial charge in [0.15, 0.2) is 0 Å². The van der Waals surface area contributed by atoms with Gasteiger partial charge in [0.1, 0.15) is 5.75 Å². The smallest absolute Gasteiger partial charge is 0.124 e. The lowest BCUT2D eigenvalue weighted by Crippen LogP contribution is -2.29. The van der Waals surface area contributed by atoms with Gasteiger partial charge in [0.05, 0.1) is 17.8 Å². The van der Waals surface area contributed by atoms with Crippen LogP contribution in [0.4, 0.5) is 5.69 Å². The molecule has 1 atom stereocenters. The van der Waals surface area contributed by atoms with Gasteiger partial charge in [-0.2, -0.15) is 0 Å². The molecule has 0 aliphatic carbocycles. The van der Waals surface area contributed by atoms with Crippen LogP contribution in [0.3, 0.4) is 0 Å². The van der Waals surface area contributed by atoms with Crippen molar-refractivity contribution < 1.29 is 4.74 Å². The zero-order valence-electron chi connectivity index (χ0n) is 11.3. The number of halogens is 1. The highest BCUT2D eigenvalue weighted by Gasteiger charge is 2.28. The van der Waals surface area contributed by atoms with Crippen LogP contribution in [0.15, 0.2) is 12.1 Å². The van der Waals surface area contributed by atoms with Gasteiger partial charge in [-0.3, -0.25) is 0 Å². The van der Waals surface area contributed by atoms with Crippen LogP contribution in [-0.4, -0.2) is 34.3 Å². The van der Waals surface area contributed by atoms with Crippen LogP contribution >= 0.6 is 11.6 Å². The number of fused-ring (bicyclic) bond motifs is 1. The van der Waals surface area contributed by atoms with Crippen molar-refractivity contribution in [2.24, 2.45) is 0 Å². The van der Waals surface area contributed by atoms with Crippen LogP contribution in [0.2, 0.25) is 5.02 Å². The van der Waals surface area contributed by atoms with Crippen LogP contribution < -0.4 is 15.0 Å². The van der Waals surface area contributed by atoms with Crippen LogP contribution in [0.5, 0.6) is 5.75 Å². The molecule has 0 fully saturated rings. The number of benzene rings is 1. The number of hydrogen-bond acceptors (Lipinski definition) is 3. The summed E-state index contributed by atoms with van der Waals surface area (Å²) >= 11 is 6.35. The van der Waals surface area contributed by atoms with E-state index >= 15 is 0 Å². The monoisotopic (exact) mass is 268 g/mol. The molecule has 0 amide bonds. The lowest BCUT2D eigenvalue weighted by molar-refractivity contribution is 0.398. The third kappa shape index (κ3) is 2.43. The molecule has 4 heteroatoms. The summed E-state index contributed by atoms with van der Waals surface area (Å²) in [6.07, 6.45) is 2.27. The van der Waals surface area contributed by atoms with Crippen molar-refractivity contribution in [2.45, 2.75) is 18.8 Å². The molecule has 0 bridgehead atoms. The quantitative estimate of drug-likeness (QED) is 0.909. The lowest BCUT2D eigenvalue weighted by Gasteiger charge is -2.35. The summed E-state index contributed by atoms with van der Waals surface area (Å²) < 4.78 is 5.52. The van der Waals surface area contributed by atoms with Crippen LogP contribution in [0, 0.1) is 0 Å². The Balaban J connectivity index is 2.43. The fourth-order valence-corrected chi connectivity index (χ4v) is 3.05. The van der Waals surface area contributed by atoms with E-state index in [2.05, 4.69) is 17.3 Å². The first kappa shape index (κ1) is 13.5. The summed E-state index contributed by atoms with van der Waals surface area (Å²) in [5, 5.41) is 4.04. The predicted octanol–water partition coefficient (Wildman–Crippen LogP) is 2.88. The molecule has 1 aromatic carbocycles. The minimum Gasteiger partial charge on any atom is -0.496 e. The van der Waals surface area contributed by atoms with Gasteiger partial charge in [0.25, 0.3) is 0 Å². The summed E-state index contributed by atoms with van der Waals surface area (Å²) in [5.74, 6) is 1.49. The Bertz CT molecular complexity index is 423. The van der Waals surface area contributed by atoms with Crippen molar-refractivity contribution in [3.8, 4) is 5.75 Å². The van der Waals surface area contributed by atoms with Crippen molar-refractivity contribution in [1.29, 1.82) is 0 Å². The molecule has 1 N–H and O–H groups in total. The first-order valence-electron chi connectivity index (χ1n) is 6.41. The van der Waals surface area contributed by atoms with Crippen LogP contribution in [-0.2, 0) is 0 Å². The number of nitrogens with one attached hydrogen (secondary N) is 1. The number of methoxy groups -OCH3 is 1. The minimum atomic E-state index is 0.525. The summed E-state index contributed by atoms with van der Waals surface area (Å²) in [4.78, 5) is 2.23. The van der Waals surface area contributed by atoms with Gasteiger partial charge in [-0.1, -0.05) is 11.6 Å². The average molecular weight is 269 g/mol. The Morgan fingerprint density at radius 3 is 2.94 bits per heavy atom. The van der Waals surface area contributed by atoms with E-state index < -0.39 is 0 Å². The molecule has 1 heterocycles. The molecular weight excluding hydrogens is 248 g/mol. The van der Waals surface area contributed by atoms with Crippen molar-refractivity contribution >= 4 is 17.3 Å². The van der Waals surface area contributed by atoms with Gasteiger partial charge in [-0.05, 0) is 44.5 Å². The average Bonchev–Trinajstić information content (AvgIpc) is 2.38. The maximum Gasteiger partial charge on any atom is 0.124 e. The van der Waals surface area contributed by atoms with Crippen molar-refractivity contribution in [3.05, 3.63) is 22.7 Å². The standard InChI is InChI=1S/C14H21ClN2O/c1-16-8-6-10-7-9-17(2)14-11(15)4-5-12(18-3)13(10)14/h4-5,10,16H,6-9H2,1-3H3. The van der Waals surface area contributed by atoms with Crippen LogP contribution in [0.25, 0.3) is 0 Å². The second kappa shape index (κ2) is 5.81. The van der Waals surface area contributed by atoms with Crippen molar-refractivity contribution in [1.82, 2.24) is 5.32 Å². The first-order chi connectivity index (χ1) is 8.69. The summed E-state index contributed by atoms with van der Waals surface area (Å²) in [5.41, 5.74) is 2.41. The van der Waals surface area contributed by atoms with Gasteiger partial charge in [-0.15, -0.1) is 0 Å². The normalized spacial score (nSPS) is 18.7.